The lowest BCUT2D eigenvalue weighted by molar-refractivity contribution is 0.121. The molecule has 7 nitrogen and oxygen atoms in total. The lowest BCUT2D eigenvalue weighted by atomic mass is 10.2. The molecule has 7 heteroatoms. The van der Waals surface area contributed by atoms with Crippen molar-refractivity contribution in [2.75, 3.05) is 63.9 Å². The maximum Gasteiger partial charge on any atom is 0.225 e. The van der Waals surface area contributed by atoms with Gasteiger partial charge in [0, 0.05) is 76.9 Å². The first-order valence-corrected chi connectivity index (χ1v) is 9.86. The van der Waals surface area contributed by atoms with Crippen LogP contribution in [0.4, 0.5) is 5.95 Å². The summed E-state index contributed by atoms with van der Waals surface area (Å²) in [4.78, 5) is 20.9. The molecule has 0 aromatic carbocycles. The minimum Gasteiger partial charge on any atom is -0.378 e. The summed E-state index contributed by atoms with van der Waals surface area (Å²) in [6.07, 6.45) is 4.78. The van der Waals surface area contributed by atoms with Crippen LogP contribution in [0, 0.1) is 0 Å². The molecule has 0 atom stereocenters. The van der Waals surface area contributed by atoms with E-state index in [-0.39, 0.29) is 0 Å². The third kappa shape index (κ3) is 5.22. The summed E-state index contributed by atoms with van der Waals surface area (Å²) in [5.74, 6) is 0.838. The Morgan fingerprint density at radius 2 is 1.63 bits per heavy atom. The van der Waals surface area contributed by atoms with Gasteiger partial charge in [-0.2, -0.15) is 0 Å². The van der Waals surface area contributed by atoms with Gasteiger partial charge in [-0.25, -0.2) is 9.97 Å². The van der Waals surface area contributed by atoms with Crippen LogP contribution in [0.5, 0.6) is 0 Å². The van der Waals surface area contributed by atoms with E-state index in [1.165, 1.54) is 5.69 Å². The SMILES string of the molecule is c1ccc(CCN2CCN(Cc3ccnc(N4CCOCC4)n3)CC2)nc1. The van der Waals surface area contributed by atoms with Crippen LogP contribution in [0.2, 0.25) is 0 Å². The number of rotatable bonds is 6. The third-order valence-corrected chi connectivity index (χ3v) is 5.26. The number of hydrogen-bond acceptors (Lipinski definition) is 7. The molecule has 144 valence electrons. The second-order valence-electron chi connectivity index (χ2n) is 7.14. The molecule has 0 bridgehead atoms. The van der Waals surface area contributed by atoms with Gasteiger partial charge in [0.15, 0.2) is 0 Å². The summed E-state index contributed by atoms with van der Waals surface area (Å²) in [6, 6.07) is 8.18. The van der Waals surface area contributed by atoms with E-state index < -0.39 is 0 Å². The zero-order chi connectivity index (χ0) is 18.3. The summed E-state index contributed by atoms with van der Waals surface area (Å²) in [7, 11) is 0. The zero-order valence-electron chi connectivity index (χ0n) is 15.8. The summed E-state index contributed by atoms with van der Waals surface area (Å²) >= 11 is 0. The van der Waals surface area contributed by atoms with Crippen molar-refractivity contribution in [2.45, 2.75) is 13.0 Å². The summed E-state index contributed by atoms with van der Waals surface area (Å²) in [5, 5.41) is 0. The molecule has 2 aromatic heterocycles. The first-order chi connectivity index (χ1) is 13.4. The van der Waals surface area contributed by atoms with E-state index in [2.05, 4.69) is 36.8 Å². The molecule has 0 spiro atoms. The highest BCUT2D eigenvalue weighted by molar-refractivity contribution is 5.30. The van der Waals surface area contributed by atoms with Gasteiger partial charge in [-0.1, -0.05) is 6.07 Å². The van der Waals surface area contributed by atoms with Gasteiger partial charge in [0.2, 0.25) is 5.95 Å². The molecule has 2 aliphatic rings. The molecular formula is C20H28N6O. The molecule has 0 unspecified atom stereocenters. The van der Waals surface area contributed by atoms with Crippen LogP contribution >= 0.6 is 0 Å². The Kier molecular flexibility index (Phi) is 6.24. The molecular weight excluding hydrogens is 340 g/mol. The van der Waals surface area contributed by atoms with Gasteiger partial charge >= 0.3 is 0 Å². The average Bonchev–Trinajstić information content (AvgIpc) is 2.75. The Bertz CT molecular complexity index is 699. The first-order valence-electron chi connectivity index (χ1n) is 9.86. The summed E-state index contributed by atoms with van der Waals surface area (Å²) in [6.45, 7) is 9.62. The van der Waals surface area contributed by atoms with E-state index >= 15 is 0 Å². The molecule has 2 fully saturated rings. The Balaban J connectivity index is 1.24. The smallest absolute Gasteiger partial charge is 0.225 e. The van der Waals surface area contributed by atoms with E-state index in [1.54, 1.807) is 0 Å². The van der Waals surface area contributed by atoms with E-state index in [9.17, 15) is 0 Å². The molecule has 0 amide bonds. The second-order valence-corrected chi connectivity index (χ2v) is 7.14. The normalized spacial score (nSPS) is 19.3. The highest BCUT2D eigenvalue weighted by atomic mass is 16.5. The van der Waals surface area contributed by atoms with Crippen LogP contribution < -0.4 is 4.90 Å². The molecule has 0 N–H and O–H groups in total. The number of piperazine rings is 1. The molecule has 4 heterocycles. The predicted molar refractivity (Wildman–Crippen MR) is 105 cm³/mol. The quantitative estimate of drug-likeness (QED) is 0.756. The Morgan fingerprint density at radius 3 is 2.41 bits per heavy atom. The number of pyridine rings is 1. The Morgan fingerprint density at radius 1 is 0.815 bits per heavy atom. The van der Waals surface area contributed by atoms with Crippen molar-refractivity contribution in [3.05, 3.63) is 48.0 Å². The Labute approximate surface area is 161 Å². The van der Waals surface area contributed by atoms with Crippen molar-refractivity contribution >= 4 is 5.95 Å². The minimum absolute atomic E-state index is 0.758. The summed E-state index contributed by atoms with van der Waals surface area (Å²) in [5.41, 5.74) is 2.28. The van der Waals surface area contributed by atoms with E-state index in [0.29, 0.717) is 0 Å². The number of anilines is 1. The van der Waals surface area contributed by atoms with Gasteiger partial charge in [0.25, 0.3) is 0 Å². The molecule has 2 aromatic rings. The van der Waals surface area contributed by atoms with Crippen LogP contribution in [0.3, 0.4) is 0 Å². The zero-order valence-corrected chi connectivity index (χ0v) is 15.8. The molecule has 0 radical (unpaired) electrons. The van der Waals surface area contributed by atoms with Crippen LogP contribution in [0.15, 0.2) is 36.7 Å². The standard InChI is InChI=1S/C20H28N6O/c1-2-6-21-18(3-1)5-8-24-9-11-25(12-10-24)17-19-4-7-22-20(23-19)26-13-15-27-16-14-26/h1-4,6-7H,5,8-17H2. The fraction of sp³-hybridized carbons (Fsp3) is 0.550. The van der Waals surface area contributed by atoms with Crippen molar-refractivity contribution in [3.63, 3.8) is 0 Å². The van der Waals surface area contributed by atoms with Gasteiger partial charge in [-0.15, -0.1) is 0 Å². The van der Waals surface area contributed by atoms with Gasteiger partial charge < -0.3 is 14.5 Å². The number of morpholine rings is 1. The Hall–Kier alpha value is -2.09. The molecule has 2 aliphatic heterocycles. The molecule has 0 aliphatic carbocycles. The predicted octanol–water partition coefficient (Wildman–Crippen LogP) is 1.07. The van der Waals surface area contributed by atoms with Crippen molar-refractivity contribution in [3.8, 4) is 0 Å². The van der Waals surface area contributed by atoms with Crippen LogP contribution in [0.25, 0.3) is 0 Å². The minimum atomic E-state index is 0.758. The molecule has 27 heavy (non-hydrogen) atoms. The van der Waals surface area contributed by atoms with Crippen molar-refractivity contribution in [2.24, 2.45) is 0 Å². The van der Waals surface area contributed by atoms with Gasteiger partial charge in [0.1, 0.15) is 0 Å². The highest BCUT2D eigenvalue weighted by Gasteiger charge is 2.18. The number of hydrogen-bond donors (Lipinski definition) is 0. The van der Waals surface area contributed by atoms with E-state index in [0.717, 1.165) is 83.6 Å². The van der Waals surface area contributed by atoms with Gasteiger partial charge in [-0.3, -0.25) is 9.88 Å². The molecule has 4 rings (SSSR count). The highest BCUT2D eigenvalue weighted by Crippen LogP contribution is 2.12. The first kappa shape index (κ1) is 18.3. The maximum absolute atomic E-state index is 5.42. The van der Waals surface area contributed by atoms with E-state index in [1.807, 2.05) is 24.5 Å². The van der Waals surface area contributed by atoms with E-state index in [4.69, 9.17) is 9.72 Å². The monoisotopic (exact) mass is 368 g/mol. The fourth-order valence-electron chi connectivity index (χ4n) is 3.61. The number of ether oxygens (including phenoxy) is 1. The topological polar surface area (TPSA) is 57.6 Å². The largest absolute Gasteiger partial charge is 0.378 e. The average molecular weight is 368 g/mol. The van der Waals surface area contributed by atoms with Crippen molar-refractivity contribution in [1.29, 1.82) is 0 Å². The van der Waals surface area contributed by atoms with Crippen LogP contribution in [-0.4, -0.2) is 83.8 Å². The van der Waals surface area contributed by atoms with Gasteiger partial charge in [-0.05, 0) is 18.2 Å². The van der Waals surface area contributed by atoms with Crippen LogP contribution in [0.1, 0.15) is 11.4 Å². The molecule has 2 saturated heterocycles. The lowest BCUT2D eigenvalue weighted by Gasteiger charge is -2.34. The summed E-state index contributed by atoms with van der Waals surface area (Å²) < 4.78 is 5.42. The van der Waals surface area contributed by atoms with Crippen molar-refractivity contribution in [1.82, 2.24) is 24.8 Å². The van der Waals surface area contributed by atoms with Gasteiger partial charge in [0.05, 0.1) is 18.9 Å². The molecule has 0 saturated carbocycles. The fourth-order valence-corrected chi connectivity index (χ4v) is 3.61. The third-order valence-electron chi connectivity index (χ3n) is 5.26. The lowest BCUT2D eigenvalue weighted by Crippen LogP contribution is -2.46. The maximum atomic E-state index is 5.42. The van der Waals surface area contributed by atoms with Crippen LogP contribution in [-0.2, 0) is 17.7 Å². The number of nitrogens with zero attached hydrogens (tertiary/aromatic N) is 6. The van der Waals surface area contributed by atoms with Crippen molar-refractivity contribution < 1.29 is 4.74 Å². The number of aromatic nitrogens is 3. The second kappa shape index (κ2) is 9.21.